The second-order valence-corrected chi connectivity index (χ2v) is 25.6. The number of piperidine rings is 1. The number of carbonyl (C=O) groups excluding carboxylic acids is 3. The Hall–Kier alpha value is -6.83. The average Bonchev–Trinajstić information content (AvgIpc) is 4.14. The van der Waals surface area contributed by atoms with Crippen LogP contribution in [0.2, 0.25) is 0 Å². The normalized spacial score (nSPS) is 20.5. The number of aliphatic hydroxyl groups is 1. The number of alkyl halides is 1. The van der Waals surface area contributed by atoms with E-state index in [9.17, 15) is 32.3 Å². The molecule has 10 rings (SSSR count). The number of H-pyrrole nitrogens is 1. The number of likely N-dealkylation sites (tertiary alicyclic amines) is 2. The summed E-state index contributed by atoms with van der Waals surface area (Å²) in [5, 5.41) is 17.7. The number of pyridine rings is 1. The molecule has 4 saturated heterocycles. The number of fused-ring (bicyclic) bond motifs is 1. The second kappa shape index (κ2) is 24.2. The first-order chi connectivity index (χ1) is 39.1. The fourth-order valence-corrected chi connectivity index (χ4v) is 13.5. The number of aryl methyl sites for hydroxylation is 1. The molecule has 5 atom stereocenters. The zero-order chi connectivity index (χ0) is 58.2. The molecule has 5 N–H and O–H groups in total. The molecule has 19 nitrogen and oxygen atoms in total. The first-order valence-electron chi connectivity index (χ1n) is 27.8. The Labute approximate surface area is 479 Å². The predicted molar refractivity (Wildman–Crippen MR) is 309 cm³/mol. The fraction of sp³-hybridized carbons (Fsp3) is 0.466. The highest BCUT2D eigenvalue weighted by Crippen LogP contribution is 2.34. The standard InChI is InChI=1S/C58H70F3N13O6S2/c1-34(38-7-9-39(10-8-38)53-36(3)66-33-81-53)67-35(2)48-24-43(75)31-74(48)56(78)54(58(4,5)6)68-49(76)32-70-16-13-37(14-17-70)29-71-19-21-72(22-20-71)57-64-26-41(27-65-57)40-23-44-45(28-63-55(44)62-25-40)52(77)50-46(60)11-12-47(51(50)61)69-82(79,80)73-18-15-42(59)30-73/h7-12,23,25-28,33-34,37,42-43,48,54,67,69,75H,2,13-22,24,29-32H2,1,3-6H3,(H,62,63)(H,68,76)/t34-,42+,43+,48-,54+/m0/s1. The molecular weight excluding hydrogens is 1100 g/mol. The highest BCUT2D eigenvalue weighted by molar-refractivity contribution is 7.90. The van der Waals surface area contributed by atoms with Gasteiger partial charge in [-0.15, -0.1) is 11.3 Å². The average molecular weight is 1170 g/mol. The van der Waals surface area contributed by atoms with Crippen LogP contribution in [0.1, 0.15) is 86.6 Å². The minimum atomic E-state index is -4.38. The lowest BCUT2D eigenvalue weighted by atomic mass is 9.85. The Morgan fingerprint density at radius 2 is 1.59 bits per heavy atom. The van der Waals surface area contributed by atoms with Crippen molar-refractivity contribution < 1.29 is 41.1 Å². The number of aromatic nitrogens is 5. The Morgan fingerprint density at radius 3 is 2.24 bits per heavy atom. The van der Waals surface area contributed by atoms with Crippen LogP contribution in [0.3, 0.4) is 0 Å². The summed E-state index contributed by atoms with van der Waals surface area (Å²) in [6.07, 6.45) is 6.27. The third-order valence-corrected chi connectivity index (χ3v) is 18.7. The molecule has 0 aliphatic carbocycles. The summed E-state index contributed by atoms with van der Waals surface area (Å²) in [4.78, 5) is 72.5. The number of β-amino-alcohol motifs (C(OH)–C–C–N with tert-alkyl or cyclic N) is 1. The predicted octanol–water partition coefficient (Wildman–Crippen LogP) is 6.85. The highest BCUT2D eigenvalue weighted by atomic mass is 32.2. The number of benzene rings is 2. The molecule has 8 heterocycles. The first kappa shape index (κ1) is 58.4. The van der Waals surface area contributed by atoms with Crippen molar-refractivity contribution in [2.24, 2.45) is 11.3 Å². The molecule has 6 aromatic rings. The van der Waals surface area contributed by atoms with Crippen LogP contribution >= 0.6 is 11.3 Å². The minimum Gasteiger partial charge on any atom is -0.391 e. The summed E-state index contributed by atoms with van der Waals surface area (Å²) in [5.41, 5.74) is 4.74. The van der Waals surface area contributed by atoms with Gasteiger partial charge in [0.15, 0.2) is 5.82 Å². The number of aromatic amines is 1. The molecule has 0 saturated carbocycles. The number of carbonyl (C=O) groups is 3. The summed E-state index contributed by atoms with van der Waals surface area (Å²) in [6, 6.07) is 10.3. The Kier molecular flexibility index (Phi) is 17.2. The lowest BCUT2D eigenvalue weighted by Crippen LogP contribution is -2.58. The molecule has 4 aromatic heterocycles. The largest absolute Gasteiger partial charge is 0.391 e. The van der Waals surface area contributed by atoms with E-state index in [0.29, 0.717) is 48.2 Å². The van der Waals surface area contributed by atoms with E-state index in [-0.39, 0.29) is 60.5 Å². The zero-order valence-electron chi connectivity index (χ0n) is 46.7. The zero-order valence-corrected chi connectivity index (χ0v) is 48.3. The number of halogens is 3. The Bertz CT molecular complexity index is 3430. The van der Waals surface area contributed by atoms with Crippen molar-refractivity contribution in [2.75, 3.05) is 81.6 Å². The molecule has 24 heteroatoms. The molecule has 0 spiro atoms. The molecule has 2 aromatic carbocycles. The van der Waals surface area contributed by atoms with Gasteiger partial charge in [0, 0.05) is 117 Å². The lowest BCUT2D eigenvalue weighted by molar-refractivity contribution is -0.140. The van der Waals surface area contributed by atoms with E-state index in [2.05, 4.69) is 81.1 Å². The monoisotopic (exact) mass is 1170 g/mol. The van der Waals surface area contributed by atoms with Crippen molar-refractivity contribution in [1.29, 1.82) is 0 Å². The Balaban J connectivity index is 0.682. The summed E-state index contributed by atoms with van der Waals surface area (Å²) in [5.74, 6) is -3.09. The molecule has 436 valence electrons. The van der Waals surface area contributed by atoms with Gasteiger partial charge >= 0.3 is 10.2 Å². The number of amides is 2. The smallest absolute Gasteiger partial charge is 0.301 e. The molecule has 0 unspecified atom stereocenters. The Morgan fingerprint density at radius 1 is 0.878 bits per heavy atom. The van der Waals surface area contributed by atoms with E-state index in [1.807, 2.05) is 44.9 Å². The van der Waals surface area contributed by atoms with Crippen molar-refractivity contribution in [3.8, 4) is 21.6 Å². The number of ketones is 1. The molecule has 0 radical (unpaired) electrons. The van der Waals surface area contributed by atoms with Gasteiger partial charge < -0.3 is 30.5 Å². The number of piperazine rings is 1. The number of nitrogens with one attached hydrogen (secondary N) is 4. The number of hydrogen-bond donors (Lipinski definition) is 5. The van der Waals surface area contributed by atoms with Crippen molar-refractivity contribution in [3.05, 3.63) is 119 Å². The molecule has 4 aliphatic rings. The van der Waals surface area contributed by atoms with Crippen molar-refractivity contribution in [3.63, 3.8) is 0 Å². The van der Waals surface area contributed by atoms with E-state index in [1.165, 1.54) is 6.20 Å². The number of aliphatic hydroxyl groups excluding tert-OH is 1. The van der Waals surface area contributed by atoms with Crippen LogP contribution in [0.25, 0.3) is 32.6 Å². The summed E-state index contributed by atoms with van der Waals surface area (Å²) < 4.78 is 73.4. The number of thiazole rings is 1. The molecule has 2 amide bonds. The van der Waals surface area contributed by atoms with Crippen LogP contribution in [-0.4, -0.2) is 171 Å². The highest BCUT2D eigenvalue weighted by Gasteiger charge is 2.43. The molecule has 0 bridgehead atoms. The lowest BCUT2D eigenvalue weighted by Gasteiger charge is -2.39. The van der Waals surface area contributed by atoms with E-state index in [4.69, 9.17) is 0 Å². The van der Waals surface area contributed by atoms with Gasteiger partial charge in [0.25, 0.3) is 0 Å². The molecule has 4 fully saturated rings. The summed E-state index contributed by atoms with van der Waals surface area (Å²) in [6.45, 7) is 19.5. The quantitative estimate of drug-likeness (QED) is 0.0555. The number of anilines is 2. The van der Waals surface area contributed by atoms with Gasteiger partial charge in [0.1, 0.15) is 23.7 Å². The topological polar surface area (TPSA) is 225 Å². The van der Waals surface area contributed by atoms with Crippen LogP contribution in [0.4, 0.5) is 24.8 Å². The maximum atomic E-state index is 15.8. The van der Waals surface area contributed by atoms with E-state index in [0.717, 1.165) is 83.7 Å². The third-order valence-electron chi connectivity index (χ3n) is 16.2. The number of rotatable bonds is 18. The van der Waals surface area contributed by atoms with Gasteiger partial charge in [-0.1, -0.05) is 51.6 Å². The van der Waals surface area contributed by atoms with Crippen LogP contribution in [0.15, 0.2) is 85.0 Å². The van der Waals surface area contributed by atoms with E-state index in [1.54, 1.807) is 40.9 Å². The van der Waals surface area contributed by atoms with Gasteiger partial charge in [-0.3, -0.25) is 28.9 Å². The van der Waals surface area contributed by atoms with Gasteiger partial charge in [-0.25, -0.2) is 33.1 Å². The second-order valence-electron chi connectivity index (χ2n) is 23.1. The van der Waals surface area contributed by atoms with Crippen LogP contribution in [0, 0.1) is 29.9 Å². The van der Waals surface area contributed by atoms with Crippen molar-refractivity contribution >= 4 is 61.8 Å². The van der Waals surface area contributed by atoms with Crippen LogP contribution < -0.4 is 20.3 Å². The van der Waals surface area contributed by atoms with E-state index < -0.39 is 75.2 Å². The maximum absolute atomic E-state index is 15.8. The maximum Gasteiger partial charge on any atom is 0.301 e. The molecular formula is C58H70F3N13O6S2. The number of nitrogens with zero attached hydrogens (tertiary/aromatic N) is 9. The van der Waals surface area contributed by atoms with Gasteiger partial charge in [0.05, 0.1) is 46.0 Å². The first-order valence-corrected chi connectivity index (χ1v) is 30.1. The fourth-order valence-electron chi connectivity index (χ4n) is 11.5. The summed E-state index contributed by atoms with van der Waals surface area (Å²) >= 11 is 1.61. The van der Waals surface area contributed by atoms with Crippen molar-refractivity contribution in [1.82, 2.24) is 54.6 Å². The molecule has 4 aliphatic heterocycles. The summed E-state index contributed by atoms with van der Waals surface area (Å²) in [7, 11) is -4.38. The third kappa shape index (κ3) is 12.9. The number of hydrogen-bond acceptors (Lipinski definition) is 15. The van der Waals surface area contributed by atoms with E-state index >= 15 is 8.78 Å². The minimum absolute atomic E-state index is 0.00994. The SMILES string of the molecule is C=C(N[C@@H](C)c1ccc(-c2scnc2C)cc1)[C@@H]1C[C@@H](O)CN1C(=O)[C@@H](NC(=O)CN1CCC(CN2CCN(c3ncc(-c4cnc5[nH]cc(C(=O)c6c(F)ccc(NS(=O)(=O)N7CC[C@@H](F)C7)c6F)c5c4)cn3)CC2)CC1)C(C)(C)C. The van der Waals surface area contributed by atoms with Crippen LogP contribution in [0.5, 0.6) is 0 Å². The molecule has 82 heavy (non-hydrogen) atoms. The van der Waals surface area contributed by atoms with Gasteiger partial charge in [-0.2, -0.15) is 12.7 Å². The van der Waals surface area contributed by atoms with Crippen LogP contribution in [-0.2, 0) is 19.8 Å². The van der Waals surface area contributed by atoms with Gasteiger partial charge in [0.2, 0.25) is 23.5 Å². The van der Waals surface area contributed by atoms with Crippen molar-refractivity contribution in [2.45, 2.75) is 90.7 Å². The van der Waals surface area contributed by atoms with Gasteiger partial charge in [-0.05, 0) is 86.9 Å².